The summed E-state index contributed by atoms with van der Waals surface area (Å²) in [5, 5.41) is 9.75. The van der Waals surface area contributed by atoms with Crippen molar-refractivity contribution in [3.05, 3.63) is 88.6 Å². The molecular weight excluding hydrogens is 497 g/mol. The highest BCUT2D eigenvalue weighted by Gasteiger charge is 2.34. The van der Waals surface area contributed by atoms with Crippen LogP contribution in [0.1, 0.15) is 48.4 Å². The molecule has 0 bridgehead atoms. The number of pyridine rings is 1. The van der Waals surface area contributed by atoms with Crippen LogP contribution in [0.3, 0.4) is 0 Å². The number of para-hydroxylation sites is 1. The van der Waals surface area contributed by atoms with Crippen molar-refractivity contribution in [3.63, 3.8) is 0 Å². The van der Waals surface area contributed by atoms with E-state index in [0.717, 1.165) is 64.0 Å². The van der Waals surface area contributed by atoms with Gasteiger partial charge in [-0.15, -0.1) is 11.3 Å². The Morgan fingerprint density at radius 1 is 1.11 bits per heavy atom. The quantitative estimate of drug-likeness (QED) is 0.258. The van der Waals surface area contributed by atoms with E-state index in [-0.39, 0.29) is 24.2 Å². The molecule has 5 nitrogen and oxygen atoms in total. The molecule has 1 saturated carbocycles. The summed E-state index contributed by atoms with van der Waals surface area (Å²) in [6.07, 6.45) is 4.57. The molecule has 6 rings (SSSR count). The summed E-state index contributed by atoms with van der Waals surface area (Å²) in [5.41, 5.74) is 4.48. The zero-order chi connectivity index (χ0) is 25.9. The number of amides is 1. The zero-order valence-corrected chi connectivity index (χ0v) is 22.1. The van der Waals surface area contributed by atoms with Crippen LogP contribution < -0.4 is 10.6 Å². The van der Waals surface area contributed by atoms with E-state index in [1.807, 2.05) is 41.8 Å². The molecule has 7 heteroatoms. The third-order valence-corrected chi connectivity index (χ3v) is 8.43. The van der Waals surface area contributed by atoms with Crippen molar-refractivity contribution in [2.75, 3.05) is 13.2 Å². The van der Waals surface area contributed by atoms with Crippen molar-refractivity contribution in [2.24, 2.45) is 5.92 Å². The Morgan fingerprint density at radius 2 is 2.00 bits per heavy atom. The van der Waals surface area contributed by atoms with E-state index in [4.69, 9.17) is 9.72 Å². The van der Waals surface area contributed by atoms with Crippen LogP contribution in [0.15, 0.2) is 66.0 Å². The fourth-order valence-corrected chi connectivity index (χ4v) is 6.23. The number of rotatable bonds is 10. The summed E-state index contributed by atoms with van der Waals surface area (Å²) in [5.74, 6) is -0.00372. The zero-order valence-electron chi connectivity index (χ0n) is 21.3. The Hall–Kier alpha value is -3.13. The van der Waals surface area contributed by atoms with Crippen LogP contribution in [0.5, 0.6) is 0 Å². The third kappa shape index (κ3) is 5.65. The van der Waals surface area contributed by atoms with Gasteiger partial charge in [-0.3, -0.25) is 4.79 Å². The summed E-state index contributed by atoms with van der Waals surface area (Å²) in [6.45, 7) is 2.05. The molecule has 2 aromatic heterocycles. The largest absolute Gasteiger partial charge is 0.375 e. The van der Waals surface area contributed by atoms with Gasteiger partial charge in [-0.25, -0.2) is 9.37 Å². The SMILES string of the molecule is O=C(Cc1c(COC[C@@H]2CCCN2)c(-c2cccs2)nc2ccccc12)N[C@H](c1cccc(F)c1)C1CC1. The highest BCUT2D eigenvalue weighted by Crippen LogP contribution is 2.41. The molecule has 1 aliphatic carbocycles. The first-order valence-electron chi connectivity index (χ1n) is 13.5. The van der Waals surface area contributed by atoms with Gasteiger partial charge in [-0.05, 0) is 78.9 Å². The summed E-state index contributed by atoms with van der Waals surface area (Å²) in [6, 6.07) is 18.9. The van der Waals surface area contributed by atoms with Gasteiger partial charge < -0.3 is 15.4 Å². The molecule has 2 aliphatic rings. The van der Waals surface area contributed by atoms with E-state index in [0.29, 0.717) is 25.2 Å². The van der Waals surface area contributed by atoms with Gasteiger partial charge in [0.2, 0.25) is 5.91 Å². The van der Waals surface area contributed by atoms with Crippen molar-refractivity contribution >= 4 is 28.1 Å². The van der Waals surface area contributed by atoms with E-state index >= 15 is 0 Å². The second kappa shape index (κ2) is 11.3. The minimum Gasteiger partial charge on any atom is -0.375 e. The van der Waals surface area contributed by atoms with Crippen molar-refractivity contribution in [2.45, 2.75) is 50.8 Å². The molecule has 1 aliphatic heterocycles. The number of halogens is 1. The maximum absolute atomic E-state index is 14.0. The first-order chi connectivity index (χ1) is 18.7. The number of fused-ring (bicyclic) bond motifs is 1. The lowest BCUT2D eigenvalue weighted by atomic mass is 9.96. The van der Waals surface area contributed by atoms with Gasteiger partial charge in [0.05, 0.1) is 41.8 Å². The minimum absolute atomic E-state index is 0.0710. The summed E-state index contributed by atoms with van der Waals surface area (Å²) >= 11 is 1.64. The van der Waals surface area contributed by atoms with Gasteiger partial charge in [0, 0.05) is 17.0 Å². The highest BCUT2D eigenvalue weighted by atomic mass is 32.1. The lowest BCUT2D eigenvalue weighted by Crippen LogP contribution is -2.31. The monoisotopic (exact) mass is 529 g/mol. The molecule has 2 fully saturated rings. The summed E-state index contributed by atoms with van der Waals surface area (Å²) in [7, 11) is 0. The molecule has 0 unspecified atom stereocenters. The number of hydrogen-bond acceptors (Lipinski definition) is 5. The number of carbonyl (C=O) groups excluding carboxylic acids is 1. The maximum Gasteiger partial charge on any atom is 0.224 e. The van der Waals surface area contributed by atoms with Crippen LogP contribution in [0.25, 0.3) is 21.5 Å². The molecule has 0 spiro atoms. The number of benzene rings is 2. The van der Waals surface area contributed by atoms with Crippen molar-refractivity contribution in [1.82, 2.24) is 15.6 Å². The number of nitrogens with one attached hydrogen (secondary N) is 2. The van der Waals surface area contributed by atoms with E-state index in [1.54, 1.807) is 17.4 Å². The van der Waals surface area contributed by atoms with Crippen molar-refractivity contribution < 1.29 is 13.9 Å². The van der Waals surface area contributed by atoms with Crippen molar-refractivity contribution in [3.8, 4) is 10.6 Å². The number of aromatic nitrogens is 1. The van der Waals surface area contributed by atoms with Gasteiger partial charge in [0.1, 0.15) is 5.82 Å². The molecule has 1 amide bonds. The predicted octanol–water partition coefficient (Wildman–Crippen LogP) is 6.18. The Balaban J connectivity index is 1.33. The first kappa shape index (κ1) is 25.2. The second-order valence-electron chi connectivity index (χ2n) is 10.3. The Labute approximate surface area is 226 Å². The third-order valence-electron chi connectivity index (χ3n) is 7.55. The standard InChI is InChI=1S/C31H32FN3O2S/c32-22-7-3-6-21(16-22)30(20-12-13-20)35-29(36)17-25-24-9-1-2-10-27(24)34-31(28-11-5-15-38-28)26(25)19-37-18-23-8-4-14-33-23/h1-3,5-7,9-11,15-16,20,23,30,33H,4,8,12-14,17-19H2,(H,35,36)/t23-,30-/m0/s1. The summed E-state index contributed by atoms with van der Waals surface area (Å²) < 4.78 is 20.2. The highest BCUT2D eigenvalue weighted by molar-refractivity contribution is 7.13. The van der Waals surface area contributed by atoms with Gasteiger partial charge in [0.15, 0.2) is 0 Å². The average molecular weight is 530 g/mol. The topological polar surface area (TPSA) is 63.2 Å². The second-order valence-corrected chi connectivity index (χ2v) is 11.3. The molecule has 1 saturated heterocycles. The Bertz CT molecular complexity index is 1410. The Kier molecular flexibility index (Phi) is 7.49. The van der Waals surface area contributed by atoms with Crippen LogP contribution in [-0.2, 0) is 22.6 Å². The lowest BCUT2D eigenvalue weighted by molar-refractivity contribution is -0.121. The molecule has 2 atom stereocenters. The maximum atomic E-state index is 14.0. The smallest absolute Gasteiger partial charge is 0.224 e. The molecule has 38 heavy (non-hydrogen) atoms. The van der Waals surface area contributed by atoms with Crippen LogP contribution in [0.4, 0.5) is 4.39 Å². The van der Waals surface area contributed by atoms with E-state index in [9.17, 15) is 9.18 Å². The molecule has 2 aromatic carbocycles. The molecule has 4 aromatic rings. The number of thiophene rings is 1. The van der Waals surface area contributed by atoms with Crippen LogP contribution >= 0.6 is 11.3 Å². The van der Waals surface area contributed by atoms with Crippen LogP contribution in [0, 0.1) is 11.7 Å². The lowest BCUT2D eigenvalue weighted by Gasteiger charge is -2.21. The summed E-state index contributed by atoms with van der Waals surface area (Å²) in [4.78, 5) is 19.7. The minimum atomic E-state index is -0.278. The van der Waals surface area contributed by atoms with Gasteiger partial charge in [-0.1, -0.05) is 36.4 Å². The number of ether oxygens (including phenoxy) is 1. The first-order valence-corrected chi connectivity index (χ1v) is 14.3. The molecule has 2 N–H and O–H groups in total. The van der Waals surface area contributed by atoms with Gasteiger partial charge in [0.25, 0.3) is 0 Å². The fraction of sp³-hybridized carbons (Fsp3) is 0.355. The van der Waals surface area contributed by atoms with E-state index < -0.39 is 0 Å². The number of hydrogen-bond donors (Lipinski definition) is 2. The van der Waals surface area contributed by atoms with Gasteiger partial charge >= 0.3 is 0 Å². The molecule has 0 radical (unpaired) electrons. The average Bonchev–Trinajstić information content (AvgIpc) is 3.36. The molecular formula is C31H32FN3O2S. The normalized spacial score (nSPS) is 18.1. The van der Waals surface area contributed by atoms with Crippen LogP contribution in [0.2, 0.25) is 0 Å². The molecule has 3 heterocycles. The number of nitrogens with zero attached hydrogens (tertiary/aromatic N) is 1. The van der Waals surface area contributed by atoms with E-state index in [1.165, 1.54) is 18.6 Å². The van der Waals surface area contributed by atoms with Gasteiger partial charge in [-0.2, -0.15) is 0 Å². The number of carbonyl (C=O) groups is 1. The van der Waals surface area contributed by atoms with Crippen molar-refractivity contribution in [1.29, 1.82) is 0 Å². The molecule has 196 valence electrons. The van der Waals surface area contributed by atoms with Crippen LogP contribution in [-0.4, -0.2) is 30.1 Å². The van der Waals surface area contributed by atoms with E-state index in [2.05, 4.69) is 16.7 Å². The Morgan fingerprint density at radius 3 is 2.76 bits per heavy atom. The fourth-order valence-electron chi connectivity index (χ4n) is 5.48. The predicted molar refractivity (Wildman–Crippen MR) is 149 cm³/mol.